The monoisotopic (exact) mass is 574 g/mol. The second-order valence-electron chi connectivity index (χ2n) is 10.5. The first-order chi connectivity index (χ1) is 19.3. The fourth-order valence-electron chi connectivity index (χ4n) is 4.93. The van der Waals surface area contributed by atoms with Crippen molar-refractivity contribution in [3.05, 3.63) is 71.2 Å². The van der Waals surface area contributed by atoms with E-state index in [2.05, 4.69) is 21.9 Å². The van der Waals surface area contributed by atoms with Gasteiger partial charge < -0.3 is 14.7 Å². The molecule has 1 saturated carbocycles. The van der Waals surface area contributed by atoms with Crippen LogP contribution in [-0.2, 0) is 17.4 Å². The van der Waals surface area contributed by atoms with E-state index in [4.69, 9.17) is 4.74 Å². The standard InChI is InChI=1S/C29H30F4N4O4/c1-16(2)37(27(38)19-7-5-17(3)6-8-19)23-14-22(30)24(13-20(23)28(39)40)41-26-21(29(31,32)33)11-18(15-36-26)12-25-34-9-4-10-35-25/h4,9-11,13-17,19H,5-8,12H2,1-3H3,(H,39,40). The van der Waals surface area contributed by atoms with E-state index in [-0.39, 0.29) is 35.3 Å². The Labute approximate surface area is 234 Å². The summed E-state index contributed by atoms with van der Waals surface area (Å²) in [6, 6.07) is 3.46. The third-order valence-electron chi connectivity index (χ3n) is 7.06. The van der Waals surface area contributed by atoms with E-state index < -0.39 is 46.8 Å². The number of ether oxygens (including phenoxy) is 1. The first kappa shape index (κ1) is 29.9. The van der Waals surface area contributed by atoms with Gasteiger partial charge in [-0.2, -0.15) is 13.2 Å². The van der Waals surface area contributed by atoms with E-state index in [0.29, 0.717) is 18.8 Å². The summed E-state index contributed by atoms with van der Waals surface area (Å²) in [7, 11) is 0. The lowest BCUT2D eigenvalue weighted by Crippen LogP contribution is -2.43. The zero-order valence-electron chi connectivity index (χ0n) is 22.8. The van der Waals surface area contributed by atoms with Gasteiger partial charge in [0.1, 0.15) is 11.4 Å². The minimum Gasteiger partial charge on any atom is -0.478 e. The number of anilines is 1. The summed E-state index contributed by atoms with van der Waals surface area (Å²) in [5.41, 5.74) is -1.82. The van der Waals surface area contributed by atoms with Crippen molar-refractivity contribution in [3.63, 3.8) is 0 Å². The lowest BCUT2D eigenvalue weighted by Gasteiger charge is -2.34. The quantitative estimate of drug-likeness (QED) is 0.299. The minimum atomic E-state index is -4.92. The summed E-state index contributed by atoms with van der Waals surface area (Å²) >= 11 is 0. The Kier molecular flexibility index (Phi) is 8.89. The fourth-order valence-corrected chi connectivity index (χ4v) is 4.93. The highest BCUT2D eigenvalue weighted by molar-refractivity contribution is 6.03. The molecular formula is C29H30F4N4O4. The molecule has 1 aliphatic rings. The Morgan fingerprint density at radius 2 is 1.73 bits per heavy atom. The number of nitrogens with zero attached hydrogens (tertiary/aromatic N) is 4. The second-order valence-corrected chi connectivity index (χ2v) is 10.5. The summed E-state index contributed by atoms with van der Waals surface area (Å²) in [4.78, 5) is 38.7. The summed E-state index contributed by atoms with van der Waals surface area (Å²) in [5.74, 6) is -4.27. The number of alkyl halides is 3. The number of hydrogen-bond acceptors (Lipinski definition) is 6. The van der Waals surface area contributed by atoms with Crippen LogP contribution >= 0.6 is 0 Å². The third kappa shape index (κ3) is 6.98. The van der Waals surface area contributed by atoms with E-state index >= 15 is 4.39 Å². The van der Waals surface area contributed by atoms with E-state index in [1.165, 1.54) is 17.3 Å². The molecule has 2 heterocycles. The molecule has 0 spiro atoms. The summed E-state index contributed by atoms with van der Waals surface area (Å²) in [6.07, 6.45) is 2.03. The van der Waals surface area contributed by atoms with Crippen LogP contribution in [-0.4, -0.2) is 38.0 Å². The molecule has 0 unspecified atom stereocenters. The summed E-state index contributed by atoms with van der Waals surface area (Å²) in [5, 5.41) is 9.94. The molecule has 2 aromatic heterocycles. The first-order valence-corrected chi connectivity index (χ1v) is 13.2. The van der Waals surface area contributed by atoms with Gasteiger partial charge >= 0.3 is 12.1 Å². The number of carbonyl (C=O) groups is 2. The van der Waals surface area contributed by atoms with Crippen LogP contribution in [0.1, 0.15) is 73.8 Å². The van der Waals surface area contributed by atoms with Crippen LogP contribution in [0.3, 0.4) is 0 Å². The van der Waals surface area contributed by atoms with Crippen LogP contribution in [0.25, 0.3) is 0 Å². The molecule has 1 fully saturated rings. The Morgan fingerprint density at radius 1 is 1.07 bits per heavy atom. The molecule has 41 heavy (non-hydrogen) atoms. The molecule has 4 rings (SSSR count). The molecule has 1 amide bonds. The number of pyridine rings is 1. The molecule has 0 radical (unpaired) electrons. The van der Waals surface area contributed by atoms with E-state index in [9.17, 15) is 27.9 Å². The highest BCUT2D eigenvalue weighted by Gasteiger charge is 2.37. The molecule has 0 bridgehead atoms. The van der Waals surface area contributed by atoms with Gasteiger partial charge in [-0.05, 0) is 63.1 Å². The van der Waals surface area contributed by atoms with E-state index in [1.54, 1.807) is 19.9 Å². The Balaban J connectivity index is 1.69. The van der Waals surface area contributed by atoms with Crippen molar-refractivity contribution in [2.24, 2.45) is 11.8 Å². The predicted molar refractivity (Wildman–Crippen MR) is 141 cm³/mol. The Bertz CT molecular complexity index is 1410. The average Bonchev–Trinajstić information content (AvgIpc) is 2.91. The van der Waals surface area contributed by atoms with Crippen LogP contribution in [0.5, 0.6) is 11.6 Å². The number of hydrogen-bond donors (Lipinski definition) is 1. The normalized spacial score (nSPS) is 17.4. The lowest BCUT2D eigenvalue weighted by molar-refractivity contribution is -0.139. The Morgan fingerprint density at radius 3 is 2.32 bits per heavy atom. The van der Waals surface area contributed by atoms with Gasteiger partial charge in [0, 0.05) is 49.1 Å². The number of carboxylic acid groups (broad SMARTS) is 1. The zero-order chi connectivity index (χ0) is 29.9. The van der Waals surface area contributed by atoms with Crippen LogP contribution in [0, 0.1) is 17.7 Å². The van der Waals surface area contributed by atoms with Crippen molar-refractivity contribution < 1.29 is 37.0 Å². The lowest BCUT2D eigenvalue weighted by atomic mass is 9.82. The van der Waals surface area contributed by atoms with Crippen molar-refractivity contribution in [2.45, 2.75) is 65.1 Å². The molecule has 12 heteroatoms. The largest absolute Gasteiger partial charge is 0.478 e. The van der Waals surface area contributed by atoms with Gasteiger partial charge in [-0.15, -0.1) is 0 Å². The number of amides is 1. The number of carbonyl (C=O) groups excluding carboxylic acids is 1. The smallest absolute Gasteiger partial charge is 0.421 e. The molecule has 1 N–H and O–H groups in total. The van der Waals surface area contributed by atoms with Gasteiger partial charge in [-0.1, -0.05) is 6.92 Å². The highest BCUT2D eigenvalue weighted by atomic mass is 19.4. The summed E-state index contributed by atoms with van der Waals surface area (Å²) in [6.45, 7) is 5.46. The van der Waals surface area contributed by atoms with E-state index in [1.807, 2.05) is 0 Å². The van der Waals surface area contributed by atoms with E-state index in [0.717, 1.165) is 37.2 Å². The number of aromatic carboxylic acids is 1. The molecular weight excluding hydrogens is 544 g/mol. The number of halogens is 4. The maximum atomic E-state index is 15.4. The molecule has 0 saturated heterocycles. The van der Waals surface area contributed by atoms with Crippen molar-refractivity contribution in [3.8, 4) is 11.6 Å². The van der Waals surface area contributed by atoms with Gasteiger partial charge in [-0.25, -0.2) is 24.1 Å². The fraction of sp³-hybridized carbons (Fsp3) is 0.414. The van der Waals surface area contributed by atoms with Crippen LogP contribution in [0.15, 0.2) is 42.9 Å². The van der Waals surface area contributed by atoms with Gasteiger partial charge in [0.15, 0.2) is 11.6 Å². The van der Waals surface area contributed by atoms with Gasteiger partial charge in [0.25, 0.3) is 0 Å². The summed E-state index contributed by atoms with van der Waals surface area (Å²) < 4.78 is 62.4. The second kappa shape index (κ2) is 12.2. The van der Waals surface area contributed by atoms with Crippen molar-refractivity contribution >= 4 is 17.6 Å². The molecule has 1 aliphatic carbocycles. The third-order valence-corrected chi connectivity index (χ3v) is 7.06. The highest BCUT2D eigenvalue weighted by Crippen LogP contribution is 2.40. The minimum absolute atomic E-state index is 0.0393. The number of aromatic nitrogens is 3. The number of benzene rings is 1. The van der Waals surface area contributed by atoms with Crippen molar-refractivity contribution in [1.82, 2.24) is 15.0 Å². The molecule has 1 aromatic carbocycles. The van der Waals surface area contributed by atoms with Crippen molar-refractivity contribution in [1.29, 1.82) is 0 Å². The maximum Gasteiger partial charge on any atom is 0.421 e. The van der Waals surface area contributed by atoms with Crippen molar-refractivity contribution in [2.75, 3.05) is 4.90 Å². The van der Waals surface area contributed by atoms with Crippen LogP contribution in [0.4, 0.5) is 23.2 Å². The topological polar surface area (TPSA) is 106 Å². The number of carboxylic acids is 1. The molecule has 218 valence electrons. The predicted octanol–water partition coefficient (Wildman–Crippen LogP) is 6.68. The average molecular weight is 575 g/mol. The zero-order valence-corrected chi connectivity index (χ0v) is 22.8. The Hall–Kier alpha value is -4.09. The van der Waals surface area contributed by atoms with Gasteiger partial charge in [0.05, 0.1) is 11.3 Å². The molecule has 8 nitrogen and oxygen atoms in total. The molecule has 3 aromatic rings. The molecule has 0 aliphatic heterocycles. The van der Waals surface area contributed by atoms with Gasteiger partial charge in [0.2, 0.25) is 11.8 Å². The maximum absolute atomic E-state index is 15.4. The first-order valence-electron chi connectivity index (χ1n) is 13.2. The van der Waals surface area contributed by atoms with Gasteiger partial charge in [-0.3, -0.25) is 4.79 Å². The van der Waals surface area contributed by atoms with Crippen LogP contribution in [0.2, 0.25) is 0 Å². The molecule has 0 atom stereocenters. The SMILES string of the molecule is CC1CCC(C(=O)N(c2cc(F)c(Oc3ncc(Cc4ncccn4)cc3C(F)(F)F)cc2C(=O)O)C(C)C)CC1. The van der Waals surface area contributed by atoms with Crippen LogP contribution < -0.4 is 9.64 Å². The number of rotatable bonds is 8.